The van der Waals surface area contributed by atoms with E-state index in [1.54, 1.807) is 11.8 Å². The van der Waals surface area contributed by atoms with E-state index in [0.29, 0.717) is 42.2 Å². The number of carbonyl (C=O) groups is 1. The van der Waals surface area contributed by atoms with Gasteiger partial charge in [-0.3, -0.25) is 4.79 Å². The van der Waals surface area contributed by atoms with Crippen LogP contribution in [0.2, 0.25) is 5.02 Å². The molecule has 1 amide bonds. The van der Waals surface area contributed by atoms with Gasteiger partial charge in [0.2, 0.25) is 5.91 Å². The summed E-state index contributed by atoms with van der Waals surface area (Å²) in [6, 6.07) is 3.85. The van der Waals surface area contributed by atoms with E-state index in [1.165, 1.54) is 0 Å². The van der Waals surface area contributed by atoms with Gasteiger partial charge in [0.15, 0.2) is 11.5 Å². The molecule has 2 aliphatic heterocycles. The summed E-state index contributed by atoms with van der Waals surface area (Å²) < 4.78 is 11.5. The van der Waals surface area contributed by atoms with Crippen LogP contribution in [0.3, 0.4) is 0 Å². The number of thioether (sulfide) groups is 1. The number of nitrogens with zero attached hydrogens (tertiary/aromatic N) is 1. The Bertz CT molecular complexity index is 635. The van der Waals surface area contributed by atoms with Crippen molar-refractivity contribution in [3.05, 3.63) is 22.7 Å². The van der Waals surface area contributed by atoms with E-state index < -0.39 is 0 Å². The molecule has 0 saturated carbocycles. The average Bonchev–Trinajstić information content (AvgIpc) is 2.87. The van der Waals surface area contributed by atoms with Gasteiger partial charge in [0.1, 0.15) is 0 Å². The molecule has 3 rings (SSSR count). The van der Waals surface area contributed by atoms with Crippen molar-refractivity contribution in [1.29, 1.82) is 0 Å². The molecule has 0 radical (unpaired) electrons. The normalized spacial score (nSPS) is 19.9. The van der Waals surface area contributed by atoms with Crippen LogP contribution >= 0.6 is 23.4 Å². The summed E-state index contributed by atoms with van der Waals surface area (Å²) in [6.07, 6.45) is 0.838. The van der Waals surface area contributed by atoms with Crippen LogP contribution in [0.25, 0.3) is 0 Å². The SMILES string of the molecule is CC(C)CN(Cc1cc(Cl)c2c(c1)OCCCO2)C(=O)C1CNCCS1. The van der Waals surface area contributed by atoms with Gasteiger partial charge in [0.25, 0.3) is 0 Å². The van der Waals surface area contributed by atoms with Gasteiger partial charge in [-0.2, -0.15) is 0 Å². The summed E-state index contributed by atoms with van der Waals surface area (Å²) in [7, 11) is 0. The highest BCUT2D eigenvalue weighted by atomic mass is 35.5. The molecule has 1 fully saturated rings. The smallest absolute Gasteiger partial charge is 0.237 e. The maximum Gasteiger partial charge on any atom is 0.237 e. The van der Waals surface area contributed by atoms with Crippen molar-refractivity contribution in [3.8, 4) is 11.5 Å². The molecule has 1 atom stereocenters. The fourth-order valence-corrected chi connectivity index (χ4v) is 4.56. The first-order valence-electron chi connectivity index (χ1n) is 9.23. The Morgan fingerprint density at radius 3 is 2.92 bits per heavy atom. The molecule has 0 spiro atoms. The minimum absolute atomic E-state index is 0.0154. The predicted octanol–water partition coefficient (Wildman–Crippen LogP) is 3.19. The van der Waals surface area contributed by atoms with E-state index >= 15 is 0 Å². The Kier molecular flexibility index (Phi) is 6.95. The molecule has 7 heteroatoms. The molecule has 1 aromatic rings. The third kappa shape index (κ3) is 4.99. The van der Waals surface area contributed by atoms with Crippen LogP contribution in [-0.4, -0.2) is 54.7 Å². The van der Waals surface area contributed by atoms with Crippen LogP contribution in [0.5, 0.6) is 11.5 Å². The fraction of sp³-hybridized carbons (Fsp3) is 0.632. The second-order valence-electron chi connectivity index (χ2n) is 7.13. The van der Waals surface area contributed by atoms with Crippen LogP contribution in [0, 0.1) is 5.92 Å². The van der Waals surface area contributed by atoms with Crippen LogP contribution < -0.4 is 14.8 Å². The minimum atomic E-state index is -0.0154. The molecular weight excluding hydrogens is 372 g/mol. The lowest BCUT2D eigenvalue weighted by atomic mass is 10.1. The molecule has 144 valence electrons. The summed E-state index contributed by atoms with van der Waals surface area (Å²) in [5.74, 6) is 2.86. The van der Waals surface area contributed by atoms with Gasteiger partial charge in [-0.15, -0.1) is 11.8 Å². The van der Waals surface area contributed by atoms with Gasteiger partial charge >= 0.3 is 0 Å². The molecule has 1 aromatic carbocycles. The quantitative estimate of drug-likeness (QED) is 0.825. The second-order valence-corrected chi connectivity index (χ2v) is 8.85. The van der Waals surface area contributed by atoms with Gasteiger partial charge in [-0.25, -0.2) is 0 Å². The monoisotopic (exact) mass is 398 g/mol. The largest absolute Gasteiger partial charge is 0.489 e. The zero-order chi connectivity index (χ0) is 18.5. The summed E-state index contributed by atoms with van der Waals surface area (Å²) in [6.45, 7) is 8.45. The molecule has 0 bridgehead atoms. The number of halogens is 1. The van der Waals surface area contributed by atoms with Crippen LogP contribution in [-0.2, 0) is 11.3 Å². The highest BCUT2D eigenvalue weighted by Crippen LogP contribution is 2.38. The van der Waals surface area contributed by atoms with Gasteiger partial charge < -0.3 is 19.7 Å². The van der Waals surface area contributed by atoms with Gasteiger partial charge in [-0.1, -0.05) is 25.4 Å². The third-order valence-corrected chi connectivity index (χ3v) is 5.83. The number of fused-ring (bicyclic) bond motifs is 1. The van der Waals surface area contributed by atoms with E-state index in [2.05, 4.69) is 19.2 Å². The Balaban J connectivity index is 1.78. The first-order valence-corrected chi connectivity index (χ1v) is 10.7. The number of nitrogens with one attached hydrogen (secondary N) is 1. The molecular formula is C19H27ClN2O3S. The summed E-state index contributed by atoms with van der Waals surface area (Å²) in [4.78, 5) is 15.0. The van der Waals surface area contributed by atoms with Crippen molar-refractivity contribution in [1.82, 2.24) is 10.2 Å². The fourth-order valence-electron chi connectivity index (χ4n) is 3.20. The Labute approximate surface area is 164 Å². The van der Waals surface area contributed by atoms with Crippen molar-refractivity contribution in [3.63, 3.8) is 0 Å². The van der Waals surface area contributed by atoms with Crippen molar-refractivity contribution in [2.24, 2.45) is 5.92 Å². The number of carbonyl (C=O) groups excluding carboxylic acids is 1. The maximum atomic E-state index is 13.0. The van der Waals surface area contributed by atoms with Gasteiger partial charge in [-0.05, 0) is 23.6 Å². The lowest BCUT2D eigenvalue weighted by Crippen LogP contribution is -2.46. The van der Waals surface area contributed by atoms with Crippen molar-refractivity contribution in [2.75, 3.05) is 38.6 Å². The number of hydrogen-bond acceptors (Lipinski definition) is 5. The number of rotatable bonds is 5. The third-order valence-electron chi connectivity index (χ3n) is 4.34. The Morgan fingerprint density at radius 1 is 1.38 bits per heavy atom. The lowest BCUT2D eigenvalue weighted by Gasteiger charge is -2.31. The Morgan fingerprint density at radius 2 is 2.19 bits per heavy atom. The molecule has 26 heavy (non-hydrogen) atoms. The van der Waals surface area contributed by atoms with Crippen LogP contribution in [0.15, 0.2) is 12.1 Å². The van der Waals surface area contributed by atoms with E-state index in [4.69, 9.17) is 21.1 Å². The van der Waals surface area contributed by atoms with E-state index in [-0.39, 0.29) is 11.2 Å². The minimum Gasteiger partial charge on any atom is -0.489 e. The maximum absolute atomic E-state index is 13.0. The highest BCUT2D eigenvalue weighted by molar-refractivity contribution is 8.00. The second kappa shape index (κ2) is 9.20. The molecule has 2 aliphatic rings. The molecule has 1 unspecified atom stereocenters. The number of benzene rings is 1. The zero-order valence-electron chi connectivity index (χ0n) is 15.4. The van der Waals surface area contributed by atoms with E-state index in [0.717, 1.165) is 37.4 Å². The first-order chi connectivity index (χ1) is 12.5. The number of ether oxygens (including phenoxy) is 2. The standard InChI is InChI=1S/C19H27ClN2O3S/c1-13(2)11-22(19(23)17-10-21-4-7-26-17)12-14-8-15(20)18-16(9-14)24-5-3-6-25-18/h8-9,13,17,21H,3-7,10-12H2,1-2H3. The van der Waals surface area contributed by atoms with Crippen LogP contribution in [0.1, 0.15) is 25.8 Å². The van der Waals surface area contributed by atoms with Crippen molar-refractivity contribution < 1.29 is 14.3 Å². The first kappa shape index (κ1) is 19.6. The van der Waals surface area contributed by atoms with Gasteiger partial charge in [0.05, 0.1) is 23.5 Å². The molecule has 1 N–H and O–H groups in total. The topological polar surface area (TPSA) is 50.8 Å². The number of amides is 1. The van der Waals surface area contributed by atoms with E-state index in [9.17, 15) is 4.79 Å². The van der Waals surface area contributed by atoms with E-state index in [1.807, 2.05) is 17.0 Å². The zero-order valence-corrected chi connectivity index (χ0v) is 17.0. The highest BCUT2D eigenvalue weighted by Gasteiger charge is 2.27. The summed E-state index contributed by atoms with van der Waals surface area (Å²) >= 11 is 8.16. The summed E-state index contributed by atoms with van der Waals surface area (Å²) in [5.41, 5.74) is 0.974. The van der Waals surface area contributed by atoms with Crippen molar-refractivity contribution in [2.45, 2.75) is 32.1 Å². The molecule has 1 saturated heterocycles. The van der Waals surface area contributed by atoms with Gasteiger partial charge in [0, 0.05) is 38.4 Å². The summed E-state index contributed by atoms with van der Waals surface area (Å²) in [5, 5.41) is 3.85. The van der Waals surface area contributed by atoms with Crippen molar-refractivity contribution >= 4 is 29.3 Å². The predicted molar refractivity (Wildman–Crippen MR) is 106 cm³/mol. The average molecular weight is 399 g/mol. The molecule has 5 nitrogen and oxygen atoms in total. The number of hydrogen-bond donors (Lipinski definition) is 1. The molecule has 0 aromatic heterocycles. The van der Waals surface area contributed by atoms with Crippen LogP contribution in [0.4, 0.5) is 0 Å². The molecule has 0 aliphatic carbocycles. The molecule has 2 heterocycles. The Hall–Kier alpha value is -1.11. The lowest BCUT2D eigenvalue weighted by molar-refractivity contribution is -0.131.